The minimum absolute atomic E-state index is 0.00185. The second kappa shape index (κ2) is 16.3. The van der Waals surface area contributed by atoms with Crippen LogP contribution in [0.25, 0.3) is 0 Å². The lowest BCUT2D eigenvalue weighted by Gasteiger charge is -2.19. The number of nitrogens with one attached hydrogen (secondary N) is 2. The predicted molar refractivity (Wildman–Crippen MR) is 122 cm³/mol. The van der Waals surface area contributed by atoms with E-state index in [2.05, 4.69) is 10.6 Å². The first-order valence-electron chi connectivity index (χ1n) is 11.4. The molecule has 0 aromatic carbocycles. The number of carbonyl (C=O) groups excluding carboxylic acids is 7. The average Bonchev–Trinajstić information content (AvgIpc) is 2.76. The molecule has 0 aromatic heterocycles. The normalized spacial score (nSPS) is 10.8. The second-order valence-corrected chi connectivity index (χ2v) is 8.45. The zero-order chi connectivity index (χ0) is 27.0. The van der Waals surface area contributed by atoms with Crippen molar-refractivity contribution in [2.24, 2.45) is 0 Å². The minimum Gasteiger partial charge on any atom is -0.464 e. The van der Waals surface area contributed by atoms with E-state index >= 15 is 0 Å². The summed E-state index contributed by atoms with van der Waals surface area (Å²) in [6.45, 7) is 7.87. The van der Waals surface area contributed by atoms with Gasteiger partial charge in [0.25, 0.3) is 0 Å². The Hall–Kier alpha value is -3.31. The molecule has 0 bridgehead atoms. The van der Waals surface area contributed by atoms with E-state index in [0.717, 1.165) is 0 Å². The molecule has 0 aliphatic heterocycles. The van der Waals surface area contributed by atoms with Gasteiger partial charge in [0.2, 0.25) is 17.9 Å². The van der Waals surface area contributed by atoms with Crippen molar-refractivity contribution >= 4 is 41.3 Å². The van der Waals surface area contributed by atoms with Gasteiger partial charge in [-0.1, -0.05) is 0 Å². The van der Waals surface area contributed by atoms with Crippen LogP contribution < -0.4 is 10.6 Å². The van der Waals surface area contributed by atoms with Gasteiger partial charge in [-0.2, -0.15) is 0 Å². The van der Waals surface area contributed by atoms with Crippen molar-refractivity contribution in [1.82, 2.24) is 10.6 Å². The SMILES string of the molecule is CCOC(=O)C(NC(=O)CCC(=O)CNC(=O)CCC(=O)CCC(=O)OC(C)(C)C)C(=O)OCC. The molecule has 0 radical (unpaired) electrons. The Labute approximate surface area is 204 Å². The third-order valence-electron chi connectivity index (χ3n) is 4.12. The standard InChI is InChI=1S/C23H36N2O10/c1-6-33-21(31)20(22(32)34-7-2)25-18(29)12-9-16(27)14-24-17(28)11-8-15(26)10-13-19(30)35-23(3,4)5/h20H,6-14H2,1-5H3,(H,24,28)(H,25,29). The average molecular weight is 501 g/mol. The van der Waals surface area contributed by atoms with Gasteiger partial charge in [0.05, 0.1) is 26.2 Å². The van der Waals surface area contributed by atoms with E-state index < -0.39 is 47.1 Å². The summed E-state index contributed by atoms with van der Waals surface area (Å²) in [5.74, 6) is -4.47. The summed E-state index contributed by atoms with van der Waals surface area (Å²) in [6, 6.07) is -1.63. The lowest BCUT2D eigenvalue weighted by molar-refractivity contribution is -0.159. The molecular formula is C23H36N2O10. The van der Waals surface area contributed by atoms with E-state index in [1.165, 1.54) is 13.8 Å². The molecule has 0 aliphatic rings. The van der Waals surface area contributed by atoms with Crippen LogP contribution in [0.1, 0.15) is 73.1 Å². The number of amides is 2. The Morgan fingerprint density at radius 1 is 0.686 bits per heavy atom. The lowest BCUT2D eigenvalue weighted by atomic mass is 10.1. The van der Waals surface area contributed by atoms with Crippen LogP contribution >= 0.6 is 0 Å². The van der Waals surface area contributed by atoms with E-state index in [1.54, 1.807) is 20.8 Å². The number of Topliss-reactive ketones (excluding diaryl/α,β-unsaturated/α-hetero) is 2. The maximum absolute atomic E-state index is 12.0. The Balaban J connectivity index is 4.29. The largest absolute Gasteiger partial charge is 0.464 e. The molecule has 0 unspecified atom stereocenters. The van der Waals surface area contributed by atoms with Crippen molar-refractivity contribution in [3.63, 3.8) is 0 Å². The molecule has 198 valence electrons. The fraction of sp³-hybridized carbons (Fsp3) is 0.696. The van der Waals surface area contributed by atoms with Crippen LogP contribution in [0, 0.1) is 0 Å². The second-order valence-electron chi connectivity index (χ2n) is 8.45. The molecule has 0 atom stereocenters. The van der Waals surface area contributed by atoms with Crippen LogP contribution in [0.2, 0.25) is 0 Å². The predicted octanol–water partition coefficient (Wildman–Crippen LogP) is 0.534. The first kappa shape index (κ1) is 31.7. The van der Waals surface area contributed by atoms with Gasteiger partial charge in [-0.05, 0) is 34.6 Å². The van der Waals surface area contributed by atoms with Crippen molar-refractivity contribution in [1.29, 1.82) is 0 Å². The Morgan fingerprint density at radius 2 is 1.17 bits per heavy atom. The number of esters is 3. The van der Waals surface area contributed by atoms with Gasteiger partial charge in [-0.3, -0.25) is 24.0 Å². The van der Waals surface area contributed by atoms with Gasteiger partial charge in [0.1, 0.15) is 11.4 Å². The molecule has 0 aromatic rings. The van der Waals surface area contributed by atoms with Gasteiger partial charge in [-0.25, -0.2) is 9.59 Å². The zero-order valence-corrected chi connectivity index (χ0v) is 21.0. The molecule has 12 heteroatoms. The van der Waals surface area contributed by atoms with E-state index in [0.29, 0.717) is 0 Å². The monoisotopic (exact) mass is 500 g/mol. The highest BCUT2D eigenvalue weighted by atomic mass is 16.6. The number of hydrogen-bond donors (Lipinski definition) is 2. The summed E-state index contributed by atoms with van der Waals surface area (Å²) >= 11 is 0. The number of ketones is 2. The van der Waals surface area contributed by atoms with Crippen LogP contribution in [-0.4, -0.2) is 72.7 Å². The molecule has 0 saturated heterocycles. The topological polar surface area (TPSA) is 171 Å². The minimum atomic E-state index is -1.63. The molecule has 0 rings (SSSR count). The Morgan fingerprint density at radius 3 is 1.69 bits per heavy atom. The molecule has 0 spiro atoms. The molecule has 2 N–H and O–H groups in total. The highest BCUT2D eigenvalue weighted by Crippen LogP contribution is 2.10. The molecular weight excluding hydrogens is 464 g/mol. The fourth-order valence-electron chi connectivity index (χ4n) is 2.54. The fourth-order valence-corrected chi connectivity index (χ4v) is 2.54. The first-order valence-corrected chi connectivity index (χ1v) is 11.4. The van der Waals surface area contributed by atoms with Crippen molar-refractivity contribution in [3.8, 4) is 0 Å². The highest BCUT2D eigenvalue weighted by Gasteiger charge is 2.31. The smallest absolute Gasteiger partial charge is 0.340 e. The van der Waals surface area contributed by atoms with Crippen molar-refractivity contribution in [3.05, 3.63) is 0 Å². The summed E-state index contributed by atoms with van der Waals surface area (Å²) in [4.78, 5) is 83.0. The van der Waals surface area contributed by atoms with E-state index in [4.69, 9.17) is 14.2 Å². The van der Waals surface area contributed by atoms with Crippen LogP contribution in [0.4, 0.5) is 0 Å². The van der Waals surface area contributed by atoms with Crippen LogP contribution in [0.15, 0.2) is 0 Å². The summed E-state index contributed by atoms with van der Waals surface area (Å²) in [5, 5.41) is 4.53. The molecule has 0 aliphatic carbocycles. The lowest BCUT2D eigenvalue weighted by Crippen LogP contribution is -2.48. The van der Waals surface area contributed by atoms with Crippen LogP contribution in [0.5, 0.6) is 0 Å². The molecule has 0 saturated carbocycles. The van der Waals surface area contributed by atoms with Crippen molar-refractivity contribution in [2.45, 2.75) is 84.8 Å². The van der Waals surface area contributed by atoms with Gasteiger partial charge in [0.15, 0.2) is 5.78 Å². The van der Waals surface area contributed by atoms with E-state index in [-0.39, 0.29) is 64.1 Å². The van der Waals surface area contributed by atoms with Gasteiger partial charge >= 0.3 is 17.9 Å². The molecule has 0 heterocycles. The molecule has 2 amide bonds. The number of hydrogen-bond acceptors (Lipinski definition) is 10. The number of rotatable bonds is 16. The van der Waals surface area contributed by atoms with Gasteiger partial charge in [-0.15, -0.1) is 0 Å². The zero-order valence-electron chi connectivity index (χ0n) is 21.0. The summed E-state index contributed by atoms with van der Waals surface area (Å²) in [7, 11) is 0. The van der Waals surface area contributed by atoms with E-state index in [9.17, 15) is 33.6 Å². The van der Waals surface area contributed by atoms with E-state index in [1.807, 2.05) is 0 Å². The summed E-state index contributed by atoms with van der Waals surface area (Å²) in [5.41, 5.74) is -0.642. The maximum Gasteiger partial charge on any atom is 0.340 e. The van der Waals surface area contributed by atoms with Crippen molar-refractivity contribution in [2.75, 3.05) is 19.8 Å². The van der Waals surface area contributed by atoms with Gasteiger partial charge < -0.3 is 24.8 Å². The summed E-state index contributed by atoms with van der Waals surface area (Å²) < 4.78 is 14.6. The highest BCUT2D eigenvalue weighted by molar-refractivity contribution is 6.02. The molecule has 35 heavy (non-hydrogen) atoms. The van der Waals surface area contributed by atoms with Gasteiger partial charge in [0, 0.05) is 32.1 Å². The van der Waals surface area contributed by atoms with Crippen LogP contribution in [0.3, 0.4) is 0 Å². The third-order valence-corrected chi connectivity index (χ3v) is 4.12. The maximum atomic E-state index is 12.0. The third kappa shape index (κ3) is 16.0. The quantitative estimate of drug-likeness (QED) is 0.173. The molecule has 12 nitrogen and oxygen atoms in total. The number of ether oxygens (including phenoxy) is 3. The molecule has 0 fully saturated rings. The van der Waals surface area contributed by atoms with Crippen LogP contribution in [-0.2, 0) is 47.8 Å². The Bertz CT molecular complexity index is 768. The Kier molecular flexibility index (Phi) is 14.8. The summed E-state index contributed by atoms with van der Waals surface area (Å²) in [6.07, 6.45) is -0.942. The first-order chi connectivity index (χ1) is 16.3. The number of carbonyl (C=O) groups is 7. The van der Waals surface area contributed by atoms with Crippen molar-refractivity contribution < 1.29 is 47.8 Å².